The molecule has 0 aromatic carbocycles. The van der Waals surface area contributed by atoms with Gasteiger partial charge in [0.05, 0.1) is 6.61 Å². The van der Waals surface area contributed by atoms with Crippen LogP contribution < -0.4 is 10.6 Å². The number of rotatable bonds is 4. The number of ether oxygens (including phenoxy) is 1. The van der Waals surface area contributed by atoms with Crippen molar-refractivity contribution in [2.75, 3.05) is 19.0 Å². The van der Waals surface area contributed by atoms with Crippen LogP contribution in [0.25, 0.3) is 0 Å². The Labute approximate surface area is 109 Å². The van der Waals surface area contributed by atoms with Gasteiger partial charge >= 0.3 is 6.03 Å². The largest absolute Gasteiger partial charge is 0.394 e. The highest BCUT2D eigenvalue weighted by molar-refractivity contribution is 6.18. The number of urea groups is 1. The Kier molecular flexibility index (Phi) is 6.06. The molecule has 0 radical (unpaired) electrons. The minimum absolute atomic E-state index is 0.224. The van der Waals surface area contributed by atoms with Crippen molar-refractivity contribution in [3.63, 3.8) is 0 Å². The van der Waals surface area contributed by atoms with E-state index in [1.807, 2.05) is 0 Å². The minimum Gasteiger partial charge on any atom is -0.394 e. The lowest BCUT2D eigenvalue weighted by atomic mass is 9.98. The van der Waals surface area contributed by atoms with E-state index in [-0.39, 0.29) is 12.4 Å². The Balaban J connectivity index is 2.56. The van der Waals surface area contributed by atoms with Gasteiger partial charge in [-0.3, -0.25) is 0 Å². The first-order valence-electron chi connectivity index (χ1n) is 5.42. The summed E-state index contributed by atoms with van der Waals surface area (Å²) in [5.74, 6) is 0.224. The Morgan fingerprint density at radius 3 is 2.44 bits per heavy atom. The Hall–Kier alpha value is -0.640. The molecule has 1 aliphatic heterocycles. The van der Waals surface area contributed by atoms with Crippen LogP contribution in [0.3, 0.4) is 0 Å². The highest BCUT2D eigenvalue weighted by Gasteiger charge is 2.43. The van der Waals surface area contributed by atoms with Gasteiger partial charge in [-0.1, -0.05) is 0 Å². The van der Waals surface area contributed by atoms with Crippen molar-refractivity contribution < 1.29 is 30.0 Å². The molecule has 1 heterocycles. The van der Waals surface area contributed by atoms with Crippen molar-refractivity contribution in [2.24, 2.45) is 0 Å². The maximum Gasteiger partial charge on any atom is 0.316 e. The molecule has 0 bridgehead atoms. The summed E-state index contributed by atoms with van der Waals surface area (Å²) in [6.45, 7) is -0.322. The quantitative estimate of drug-likeness (QED) is 0.312. The fourth-order valence-electron chi connectivity index (χ4n) is 1.56. The molecule has 2 amide bonds. The number of alkyl halides is 1. The van der Waals surface area contributed by atoms with Crippen LogP contribution in [0.1, 0.15) is 0 Å². The number of amides is 2. The van der Waals surface area contributed by atoms with Gasteiger partial charge in [0.25, 0.3) is 0 Å². The highest BCUT2D eigenvalue weighted by atomic mass is 35.5. The molecule has 18 heavy (non-hydrogen) atoms. The van der Waals surface area contributed by atoms with Gasteiger partial charge in [-0.2, -0.15) is 0 Å². The molecule has 0 aliphatic carbocycles. The van der Waals surface area contributed by atoms with Crippen molar-refractivity contribution in [2.45, 2.75) is 30.6 Å². The topological polar surface area (TPSA) is 131 Å². The van der Waals surface area contributed by atoms with Gasteiger partial charge in [0, 0.05) is 12.4 Å². The van der Waals surface area contributed by atoms with E-state index in [1.54, 1.807) is 0 Å². The van der Waals surface area contributed by atoms with Gasteiger partial charge in [-0.15, -0.1) is 11.6 Å². The van der Waals surface area contributed by atoms with Crippen molar-refractivity contribution in [3.05, 3.63) is 0 Å². The minimum atomic E-state index is -1.52. The lowest BCUT2D eigenvalue weighted by Crippen LogP contribution is -2.64. The summed E-state index contributed by atoms with van der Waals surface area (Å²) in [4.78, 5) is 11.3. The van der Waals surface area contributed by atoms with Gasteiger partial charge in [-0.25, -0.2) is 4.79 Å². The molecule has 1 fully saturated rings. The van der Waals surface area contributed by atoms with Crippen LogP contribution in [0.4, 0.5) is 4.79 Å². The molecule has 0 spiro atoms. The first-order valence-corrected chi connectivity index (χ1v) is 5.95. The highest BCUT2D eigenvalue weighted by Crippen LogP contribution is 2.19. The van der Waals surface area contributed by atoms with Crippen LogP contribution in [-0.4, -0.2) is 76.1 Å². The number of aliphatic hydroxyl groups is 4. The molecule has 0 aromatic rings. The normalized spacial score (nSPS) is 36.2. The molecule has 1 saturated heterocycles. The molecular weight excluding hydrogens is 268 g/mol. The molecule has 106 valence electrons. The second-order valence-corrected chi connectivity index (χ2v) is 4.22. The van der Waals surface area contributed by atoms with Gasteiger partial charge in [0.2, 0.25) is 0 Å². The SMILES string of the molecule is O=C(NCCCl)N[C@H]1O[C@@H](CO)[C@@H](O)[C@@H](O)[C@H]1O. The molecule has 1 aliphatic rings. The van der Waals surface area contributed by atoms with E-state index in [1.165, 1.54) is 0 Å². The van der Waals surface area contributed by atoms with Crippen LogP contribution in [0.2, 0.25) is 0 Å². The van der Waals surface area contributed by atoms with Gasteiger partial charge in [0.1, 0.15) is 24.4 Å². The van der Waals surface area contributed by atoms with Crippen LogP contribution in [0.5, 0.6) is 0 Å². The van der Waals surface area contributed by atoms with Crippen molar-refractivity contribution >= 4 is 17.6 Å². The summed E-state index contributed by atoms with van der Waals surface area (Å²) in [5.41, 5.74) is 0. The van der Waals surface area contributed by atoms with Gasteiger partial charge < -0.3 is 35.8 Å². The number of nitrogens with one attached hydrogen (secondary N) is 2. The summed E-state index contributed by atoms with van der Waals surface area (Å²) in [6, 6.07) is -0.639. The maximum absolute atomic E-state index is 11.3. The molecule has 5 atom stereocenters. The molecule has 0 saturated carbocycles. The lowest BCUT2D eigenvalue weighted by Gasteiger charge is -2.40. The Bertz CT molecular complexity index is 280. The number of hydrogen-bond donors (Lipinski definition) is 6. The zero-order chi connectivity index (χ0) is 13.7. The second kappa shape index (κ2) is 7.07. The standard InChI is InChI=1S/C9H17ClN2O6/c10-1-2-11-9(17)12-8-7(16)6(15)5(14)4(3-13)18-8/h4-8,13-16H,1-3H2,(H2,11,12,17)/t4-,5+,6+,7+,8-/m0/s1. The van der Waals surface area contributed by atoms with E-state index < -0.39 is 43.3 Å². The summed E-state index contributed by atoms with van der Waals surface area (Å²) >= 11 is 5.38. The molecule has 0 aromatic heterocycles. The average molecular weight is 285 g/mol. The number of hydrogen-bond acceptors (Lipinski definition) is 6. The zero-order valence-electron chi connectivity index (χ0n) is 9.49. The number of carbonyl (C=O) groups is 1. The van der Waals surface area contributed by atoms with Crippen molar-refractivity contribution in [1.29, 1.82) is 0 Å². The van der Waals surface area contributed by atoms with Gasteiger partial charge in [-0.05, 0) is 0 Å². The smallest absolute Gasteiger partial charge is 0.316 e. The third kappa shape index (κ3) is 3.67. The Morgan fingerprint density at radius 1 is 1.22 bits per heavy atom. The van der Waals surface area contributed by atoms with E-state index in [0.29, 0.717) is 0 Å². The van der Waals surface area contributed by atoms with E-state index in [9.17, 15) is 20.1 Å². The third-order valence-corrected chi connectivity index (χ3v) is 2.73. The fraction of sp³-hybridized carbons (Fsp3) is 0.889. The zero-order valence-corrected chi connectivity index (χ0v) is 10.2. The number of halogens is 1. The summed E-state index contributed by atoms with van der Waals surface area (Å²) < 4.78 is 5.07. The van der Waals surface area contributed by atoms with E-state index in [0.717, 1.165) is 0 Å². The molecule has 1 rings (SSSR count). The molecule has 0 unspecified atom stereocenters. The van der Waals surface area contributed by atoms with E-state index in [4.69, 9.17) is 21.4 Å². The summed E-state index contributed by atoms with van der Waals surface area (Å²) in [6.07, 6.45) is -6.75. The predicted octanol–water partition coefficient (Wildman–Crippen LogP) is -2.68. The van der Waals surface area contributed by atoms with Crippen molar-refractivity contribution in [3.8, 4) is 0 Å². The molecule has 8 nitrogen and oxygen atoms in total. The van der Waals surface area contributed by atoms with Crippen molar-refractivity contribution in [1.82, 2.24) is 10.6 Å². The fourth-order valence-corrected chi connectivity index (χ4v) is 1.66. The lowest BCUT2D eigenvalue weighted by molar-refractivity contribution is -0.233. The van der Waals surface area contributed by atoms with Crippen LogP contribution in [0, 0.1) is 0 Å². The average Bonchev–Trinajstić information content (AvgIpc) is 2.37. The summed E-state index contributed by atoms with van der Waals surface area (Å²) in [5, 5.41) is 42.2. The second-order valence-electron chi connectivity index (χ2n) is 3.84. The third-order valence-electron chi connectivity index (χ3n) is 2.55. The number of carbonyl (C=O) groups excluding carboxylic acids is 1. The first-order chi connectivity index (χ1) is 8.51. The monoisotopic (exact) mass is 284 g/mol. The molecular formula is C9H17ClN2O6. The maximum atomic E-state index is 11.3. The van der Waals surface area contributed by atoms with E-state index >= 15 is 0 Å². The summed E-state index contributed by atoms with van der Waals surface area (Å²) in [7, 11) is 0. The van der Waals surface area contributed by atoms with Crippen LogP contribution in [0.15, 0.2) is 0 Å². The number of aliphatic hydroxyl groups excluding tert-OH is 4. The molecule has 6 N–H and O–H groups in total. The predicted molar refractivity (Wildman–Crippen MR) is 61.0 cm³/mol. The van der Waals surface area contributed by atoms with Gasteiger partial charge in [0.15, 0.2) is 6.23 Å². The van der Waals surface area contributed by atoms with Crippen LogP contribution >= 0.6 is 11.6 Å². The first kappa shape index (κ1) is 15.4. The molecule has 9 heteroatoms. The van der Waals surface area contributed by atoms with Crippen LogP contribution in [-0.2, 0) is 4.74 Å². The Morgan fingerprint density at radius 2 is 1.89 bits per heavy atom. The van der Waals surface area contributed by atoms with E-state index in [2.05, 4.69) is 10.6 Å².